The van der Waals surface area contributed by atoms with Crippen LogP contribution in [0.3, 0.4) is 0 Å². The Morgan fingerprint density at radius 3 is 3.05 bits per heavy atom. The molecule has 3 rings (SSSR count). The number of imidazole rings is 1. The van der Waals surface area contributed by atoms with Gasteiger partial charge in [0.15, 0.2) is 0 Å². The third-order valence-electron chi connectivity index (χ3n) is 4.18. The molecule has 1 aromatic heterocycles. The van der Waals surface area contributed by atoms with E-state index in [2.05, 4.69) is 4.98 Å². The highest BCUT2D eigenvalue weighted by atomic mass is 19.1. The van der Waals surface area contributed by atoms with E-state index in [0.29, 0.717) is 18.7 Å². The minimum Gasteiger partial charge on any atom is -0.335 e. The van der Waals surface area contributed by atoms with E-state index >= 15 is 0 Å². The number of hydrogen-bond donors (Lipinski definition) is 0. The predicted molar refractivity (Wildman–Crippen MR) is 83.3 cm³/mol. The van der Waals surface area contributed by atoms with Crippen LogP contribution in [0.2, 0.25) is 0 Å². The summed E-state index contributed by atoms with van der Waals surface area (Å²) in [5.74, 6) is 0.654. The van der Waals surface area contributed by atoms with Crippen molar-refractivity contribution < 1.29 is 9.18 Å². The van der Waals surface area contributed by atoms with Gasteiger partial charge in [-0.3, -0.25) is 4.79 Å². The fourth-order valence-electron chi connectivity index (χ4n) is 3.03. The Morgan fingerprint density at radius 1 is 1.41 bits per heavy atom. The molecule has 0 fully saturated rings. The molecule has 0 unspecified atom stereocenters. The van der Waals surface area contributed by atoms with Crippen molar-refractivity contribution in [3.05, 3.63) is 47.8 Å². The van der Waals surface area contributed by atoms with E-state index in [4.69, 9.17) is 0 Å². The molecule has 1 amide bonds. The average molecular weight is 301 g/mol. The Morgan fingerprint density at radius 2 is 2.27 bits per heavy atom. The van der Waals surface area contributed by atoms with Crippen molar-refractivity contribution in [3.63, 3.8) is 0 Å². The molecule has 0 saturated heterocycles. The maximum atomic E-state index is 14.1. The molecule has 116 valence electrons. The second-order valence-corrected chi connectivity index (χ2v) is 5.67. The summed E-state index contributed by atoms with van der Waals surface area (Å²) in [6.07, 6.45) is 6.55. The van der Waals surface area contributed by atoms with E-state index in [0.717, 1.165) is 37.2 Å². The SMILES string of the molecule is Cc1nccn1CCCC(=O)N1CCCc2cccc(F)c21. The molecule has 0 bridgehead atoms. The zero-order valence-electron chi connectivity index (χ0n) is 12.8. The lowest BCUT2D eigenvalue weighted by Crippen LogP contribution is -2.36. The van der Waals surface area contributed by atoms with Gasteiger partial charge in [0, 0.05) is 31.9 Å². The van der Waals surface area contributed by atoms with Gasteiger partial charge in [0.05, 0.1) is 5.69 Å². The Hall–Kier alpha value is -2.17. The molecule has 0 saturated carbocycles. The van der Waals surface area contributed by atoms with Crippen LogP contribution < -0.4 is 4.90 Å². The summed E-state index contributed by atoms with van der Waals surface area (Å²) < 4.78 is 16.1. The molecule has 0 atom stereocenters. The van der Waals surface area contributed by atoms with Crippen molar-refractivity contribution in [3.8, 4) is 0 Å². The number of hydrogen-bond acceptors (Lipinski definition) is 2. The first-order valence-corrected chi connectivity index (χ1v) is 7.72. The summed E-state index contributed by atoms with van der Waals surface area (Å²) in [5, 5.41) is 0. The van der Waals surface area contributed by atoms with E-state index in [9.17, 15) is 9.18 Å². The number of amides is 1. The number of rotatable bonds is 4. The first-order chi connectivity index (χ1) is 10.7. The monoisotopic (exact) mass is 301 g/mol. The van der Waals surface area contributed by atoms with Crippen LogP contribution in [-0.4, -0.2) is 22.0 Å². The Balaban J connectivity index is 1.65. The molecule has 0 aliphatic carbocycles. The Labute approximate surface area is 129 Å². The van der Waals surface area contributed by atoms with Gasteiger partial charge in [0.2, 0.25) is 5.91 Å². The van der Waals surface area contributed by atoms with E-state index in [1.165, 1.54) is 6.07 Å². The van der Waals surface area contributed by atoms with Crippen molar-refractivity contribution in [1.29, 1.82) is 0 Å². The molecular weight excluding hydrogens is 281 g/mol. The molecule has 2 heterocycles. The third kappa shape index (κ3) is 2.89. The first kappa shape index (κ1) is 14.8. The fourth-order valence-corrected chi connectivity index (χ4v) is 3.03. The first-order valence-electron chi connectivity index (χ1n) is 7.72. The number of aryl methyl sites for hydroxylation is 3. The van der Waals surface area contributed by atoms with Crippen LogP contribution in [0.15, 0.2) is 30.6 Å². The fraction of sp³-hybridized carbons (Fsp3) is 0.412. The van der Waals surface area contributed by atoms with Crippen LogP contribution in [0.4, 0.5) is 10.1 Å². The van der Waals surface area contributed by atoms with Gasteiger partial charge in [-0.1, -0.05) is 12.1 Å². The Kier molecular flexibility index (Phi) is 4.22. The second kappa shape index (κ2) is 6.30. The van der Waals surface area contributed by atoms with Gasteiger partial charge in [-0.25, -0.2) is 9.37 Å². The van der Waals surface area contributed by atoms with Gasteiger partial charge in [0.25, 0.3) is 0 Å². The van der Waals surface area contributed by atoms with Crippen LogP contribution in [0.25, 0.3) is 0 Å². The van der Waals surface area contributed by atoms with Gasteiger partial charge in [-0.15, -0.1) is 0 Å². The normalized spacial score (nSPS) is 14.0. The van der Waals surface area contributed by atoms with Gasteiger partial charge in [-0.2, -0.15) is 0 Å². The van der Waals surface area contributed by atoms with Crippen molar-refractivity contribution in [2.24, 2.45) is 0 Å². The maximum absolute atomic E-state index is 14.1. The standard InChI is InChI=1S/C17H20FN3O/c1-13-19-9-12-20(13)10-4-8-16(22)21-11-3-6-14-5-2-7-15(18)17(14)21/h2,5,7,9,12H,3-4,6,8,10-11H2,1H3. The molecular formula is C17H20FN3O. The maximum Gasteiger partial charge on any atom is 0.227 e. The summed E-state index contributed by atoms with van der Waals surface area (Å²) in [4.78, 5) is 18.2. The minimum atomic E-state index is -0.295. The number of fused-ring (bicyclic) bond motifs is 1. The molecule has 4 nitrogen and oxygen atoms in total. The number of carbonyl (C=O) groups is 1. The highest BCUT2D eigenvalue weighted by Gasteiger charge is 2.24. The molecule has 5 heteroatoms. The van der Waals surface area contributed by atoms with Gasteiger partial charge >= 0.3 is 0 Å². The number of halogens is 1. The third-order valence-corrected chi connectivity index (χ3v) is 4.18. The second-order valence-electron chi connectivity index (χ2n) is 5.67. The highest BCUT2D eigenvalue weighted by Crippen LogP contribution is 2.30. The minimum absolute atomic E-state index is 0.00354. The number of para-hydroxylation sites is 1. The largest absolute Gasteiger partial charge is 0.335 e. The highest BCUT2D eigenvalue weighted by molar-refractivity contribution is 5.94. The van der Waals surface area contributed by atoms with Crippen molar-refractivity contribution in [2.75, 3.05) is 11.4 Å². The number of aromatic nitrogens is 2. The molecule has 0 spiro atoms. The van der Waals surface area contributed by atoms with E-state index in [1.807, 2.05) is 23.8 Å². The summed E-state index contributed by atoms with van der Waals surface area (Å²) >= 11 is 0. The summed E-state index contributed by atoms with van der Waals surface area (Å²) in [7, 11) is 0. The van der Waals surface area contributed by atoms with Crippen molar-refractivity contribution in [1.82, 2.24) is 9.55 Å². The van der Waals surface area contributed by atoms with Gasteiger partial charge in [-0.05, 0) is 37.8 Å². The predicted octanol–water partition coefficient (Wildman–Crippen LogP) is 3.09. The molecule has 22 heavy (non-hydrogen) atoms. The van der Waals surface area contributed by atoms with E-state index in [1.54, 1.807) is 17.2 Å². The van der Waals surface area contributed by atoms with Crippen LogP contribution in [0, 0.1) is 12.7 Å². The van der Waals surface area contributed by atoms with Crippen LogP contribution in [-0.2, 0) is 17.8 Å². The van der Waals surface area contributed by atoms with Gasteiger partial charge in [0.1, 0.15) is 11.6 Å². The lowest BCUT2D eigenvalue weighted by atomic mass is 10.0. The molecule has 0 N–H and O–H groups in total. The average Bonchev–Trinajstić information content (AvgIpc) is 2.92. The van der Waals surface area contributed by atoms with E-state index in [-0.39, 0.29) is 11.7 Å². The summed E-state index contributed by atoms with van der Waals surface area (Å²) in [6.45, 7) is 3.31. The molecule has 1 aromatic carbocycles. The van der Waals surface area contributed by atoms with Crippen molar-refractivity contribution in [2.45, 2.75) is 39.2 Å². The number of benzene rings is 1. The number of nitrogens with zero attached hydrogens (tertiary/aromatic N) is 3. The molecule has 0 radical (unpaired) electrons. The van der Waals surface area contributed by atoms with Crippen LogP contribution >= 0.6 is 0 Å². The zero-order valence-corrected chi connectivity index (χ0v) is 12.8. The van der Waals surface area contributed by atoms with Crippen molar-refractivity contribution >= 4 is 11.6 Å². The quantitative estimate of drug-likeness (QED) is 0.870. The molecule has 1 aliphatic heterocycles. The Bertz CT molecular complexity index is 680. The van der Waals surface area contributed by atoms with Crippen LogP contribution in [0.5, 0.6) is 0 Å². The topological polar surface area (TPSA) is 38.1 Å². The van der Waals surface area contributed by atoms with Crippen LogP contribution in [0.1, 0.15) is 30.7 Å². The summed E-state index contributed by atoms with van der Waals surface area (Å²) in [6, 6.07) is 5.05. The zero-order chi connectivity index (χ0) is 15.5. The number of carbonyl (C=O) groups excluding carboxylic acids is 1. The molecule has 2 aromatic rings. The number of anilines is 1. The van der Waals surface area contributed by atoms with Gasteiger partial charge < -0.3 is 9.47 Å². The van der Waals surface area contributed by atoms with E-state index < -0.39 is 0 Å². The lowest BCUT2D eigenvalue weighted by Gasteiger charge is -2.30. The summed E-state index contributed by atoms with van der Waals surface area (Å²) in [5.41, 5.74) is 1.42. The molecule has 1 aliphatic rings. The lowest BCUT2D eigenvalue weighted by molar-refractivity contribution is -0.118. The smallest absolute Gasteiger partial charge is 0.227 e.